The molecule has 2 N–H and O–H groups in total. The average Bonchev–Trinajstić information content (AvgIpc) is 2.89. The summed E-state index contributed by atoms with van der Waals surface area (Å²) in [5, 5.41) is 7.16. The van der Waals surface area contributed by atoms with Crippen LogP contribution in [0.25, 0.3) is 10.8 Å². The molecule has 1 atom stereocenters. The Bertz CT molecular complexity index is 974. The summed E-state index contributed by atoms with van der Waals surface area (Å²) in [6, 6.07) is 8.49. The quantitative estimate of drug-likeness (QED) is 0.661. The molecule has 6 heteroatoms. The van der Waals surface area contributed by atoms with Crippen LogP contribution >= 0.6 is 0 Å². The highest BCUT2D eigenvalue weighted by Crippen LogP contribution is 2.42. The van der Waals surface area contributed by atoms with Crippen molar-refractivity contribution in [3.63, 3.8) is 0 Å². The Morgan fingerprint density at radius 1 is 1.24 bits per heavy atom. The van der Waals surface area contributed by atoms with Gasteiger partial charge in [-0.15, -0.1) is 6.42 Å². The summed E-state index contributed by atoms with van der Waals surface area (Å²) in [5.41, 5.74) is 2.09. The van der Waals surface area contributed by atoms with Gasteiger partial charge in [0.05, 0.1) is 12.2 Å². The predicted octanol–water partition coefficient (Wildman–Crippen LogP) is 1.65. The summed E-state index contributed by atoms with van der Waals surface area (Å²) in [5.74, 6) is 1.58. The Morgan fingerprint density at radius 3 is 2.84 bits per heavy atom. The van der Waals surface area contributed by atoms with E-state index in [1.807, 2.05) is 24.3 Å². The Labute approximate surface area is 144 Å². The third-order valence-corrected chi connectivity index (χ3v) is 4.63. The summed E-state index contributed by atoms with van der Waals surface area (Å²) in [6.45, 7) is 0.378. The lowest BCUT2D eigenvalue weighted by Gasteiger charge is -2.30. The molecular weight excluding hydrogens is 318 g/mol. The van der Waals surface area contributed by atoms with Gasteiger partial charge in [0.1, 0.15) is 6.04 Å². The Hall–Kier alpha value is -3.33. The van der Waals surface area contributed by atoms with Gasteiger partial charge >= 0.3 is 0 Å². The minimum atomic E-state index is -0.676. The molecule has 2 aromatic carbocycles. The van der Waals surface area contributed by atoms with Crippen LogP contribution < -0.4 is 15.5 Å². The molecule has 4 rings (SSSR count). The van der Waals surface area contributed by atoms with E-state index in [0.29, 0.717) is 24.2 Å². The second-order valence-electron chi connectivity index (χ2n) is 6.06. The Morgan fingerprint density at radius 2 is 2.08 bits per heavy atom. The number of nitrogens with zero attached hydrogens (tertiary/aromatic N) is 1. The minimum absolute atomic E-state index is 0.218. The lowest BCUT2D eigenvalue weighted by atomic mass is 10.0. The molecule has 3 amide bonds. The van der Waals surface area contributed by atoms with Crippen LogP contribution in [0.15, 0.2) is 30.3 Å². The summed E-state index contributed by atoms with van der Waals surface area (Å²) < 4.78 is 0. The first-order valence-corrected chi connectivity index (χ1v) is 8.02. The van der Waals surface area contributed by atoms with Crippen molar-refractivity contribution < 1.29 is 14.4 Å². The van der Waals surface area contributed by atoms with Crippen LogP contribution in [0.2, 0.25) is 0 Å². The topological polar surface area (TPSA) is 78.5 Å². The predicted molar refractivity (Wildman–Crippen MR) is 94.3 cm³/mol. The highest BCUT2D eigenvalue weighted by Gasteiger charge is 2.40. The maximum Gasteiger partial charge on any atom is 0.259 e. The number of nitrogens with one attached hydrogen (secondary N) is 2. The SMILES string of the molecule is C#CCNc1ccc2c3c(cccc13)C(=O)N2C1CCC(=O)NC1=O. The number of terminal acetylenes is 1. The van der Waals surface area contributed by atoms with Gasteiger partial charge < -0.3 is 5.32 Å². The third kappa shape index (κ3) is 2.24. The number of carbonyl (C=O) groups is 3. The zero-order valence-electron chi connectivity index (χ0n) is 13.3. The van der Waals surface area contributed by atoms with E-state index in [1.165, 1.54) is 4.90 Å². The fraction of sp³-hybridized carbons (Fsp3) is 0.211. The molecule has 2 aliphatic heterocycles. The van der Waals surface area contributed by atoms with Crippen LogP contribution in [0.1, 0.15) is 23.2 Å². The van der Waals surface area contributed by atoms with Crippen LogP contribution in [0.5, 0.6) is 0 Å². The second-order valence-corrected chi connectivity index (χ2v) is 6.06. The van der Waals surface area contributed by atoms with E-state index in [2.05, 4.69) is 16.6 Å². The maximum absolute atomic E-state index is 12.9. The molecule has 124 valence electrons. The molecule has 1 unspecified atom stereocenters. The van der Waals surface area contributed by atoms with Gasteiger partial charge in [-0.3, -0.25) is 24.6 Å². The van der Waals surface area contributed by atoms with E-state index in [1.54, 1.807) is 6.07 Å². The van der Waals surface area contributed by atoms with Crippen molar-refractivity contribution in [2.75, 3.05) is 16.8 Å². The van der Waals surface area contributed by atoms with E-state index in [-0.39, 0.29) is 18.2 Å². The zero-order chi connectivity index (χ0) is 17.6. The number of amides is 3. The number of anilines is 2. The summed E-state index contributed by atoms with van der Waals surface area (Å²) in [7, 11) is 0. The smallest absolute Gasteiger partial charge is 0.259 e. The van der Waals surface area contributed by atoms with E-state index < -0.39 is 11.9 Å². The number of benzene rings is 2. The van der Waals surface area contributed by atoms with Crippen molar-refractivity contribution >= 4 is 39.9 Å². The number of hydrogen-bond acceptors (Lipinski definition) is 4. The molecule has 0 radical (unpaired) electrons. The number of rotatable bonds is 3. The highest BCUT2D eigenvalue weighted by molar-refractivity contribution is 6.28. The first-order chi connectivity index (χ1) is 12.1. The van der Waals surface area contributed by atoms with Crippen molar-refractivity contribution in [1.29, 1.82) is 0 Å². The fourth-order valence-corrected chi connectivity index (χ4v) is 3.54. The van der Waals surface area contributed by atoms with Crippen molar-refractivity contribution in [2.24, 2.45) is 0 Å². The number of piperidine rings is 1. The van der Waals surface area contributed by atoms with Crippen molar-refractivity contribution in [3.8, 4) is 12.3 Å². The Balaban J connectivity index is 1.83. The molecule has 0 saturated carbocycles. The third-order valence-electron chi connectivity index (χ3n) is 4.63. The molecule has 2 aromatic rings. The van der Waals surface area contributed by atoms with Crippen LogP contribution in [-0.4, -0.2) is 30.3 Å². The van der Waals surface area contributed by atoms with Crippen molar-refractivity contribution in [2.45, 2.75) is 18.9 Å². The summed E-state index contributed by atoms with van der Waals surface area (Å²) in [4.78, 5) is 38.1. The molecule has 0 bridgehead atoms. The lowest BCUT2D eigenvalue weighted by Crippen LogP contribution is -2.53. The van der Waals surface area contributed by atoms with E-state index in [4.69, 9.17) is 6.42 Å². The number of carbonyl (C=O) groups excluding carboxylic acids is 3. The fourth-order valence-electron chi connectivity index (χ4n) is 3.54. The van der Waals surface area contributed by atoms with Gasteiger partial charge in [-0.05, 0) is 24.6 Å². The summed E-state index contributed by atoms with van der Waals surface area (Å²) in [6.07, 6.45) is 5.86. The van der Waals surface area contributed by atoms with Gasteiger partial charge in [-0.1, -0.05) is 18.1 Å². The van der Waals surface area contributed by atoms with Gasteiger partial charge in [0, 0.05) is 28.4 Å². The van der Waals surface area contributed by atoms with Crippen LogP contribution in [0, 0.1) is 12.3 Å². The molecule has 0 spiro atoms. The van der Waals surface area contributed by atoms with Gasteiger partial charge in [-0.25, -0.2) is 0 Å². The Kier molecular flexibility index (Phi) is 3.43. The zero-order valence-corrected chi connectivity index (χ0v) is 13.3. The minimum Gasteiger partial charge on any atom is -0.374 e. The van der Waals surface area contributed by atoms with E-state index in [9.17, 15) is 14.4 Å². The van der Waals surface area contributed by atoms with E-state index in [0.717, 1.165) is 16.5 Å². The average molecular weight is 333 g/mol. The van der Waals surface area contributed by atoms with Crippen LogP contribution in [0.3, 0.4) is 0 Å². The van der Waals surface area contributed by atoms with Gasteiger partial charge in [0.15, 0.2) is 0 Å². The maximum atomic E-state index is 12.9. The molecule has 6 nitrogen and oxygen atoms in total. The normalized spacial score (nSPS) is 19.1. The molecular formula is C19H15N3O3. The van der Waals surface area contributed by atoms with Gasteiger partial charge in [-0.2, -0.15) is 0 Å². The van der Waals surface area contributed by atoms with Crippen molar-refractivity contribution in [1.82, 2.24) is 5.32 Å². The monoisotopic (exact) mass is 333 g/mol. The standard InChI is InChI=1S/C19H15N3O3/c1-2-10-20-13-6-7-14-17-11(13)4-3-5-12(17)19(25)22(14)15-8-9-16(23)21-18(15)24/h1,3-7,15,20H,8-10H2,(H,21,23,24). The first kappa shape index (κ1) is 15.2. The molecule has 1 saturated heterocycles. The highest BCUT2D eigenvalue weighted by atomic mass is 16.2. The lowest BCUT2D eigenvalue weighted by molar-refractivity contribution is -0.134. The van der Waals surface area contributed by atoms with Crippen molar-refractivity contribution in [3.05, 3.63) is 35.9 Å². The number of hydrogen-bond donors (Lipinski definition) is 2. The number of imide groups is 1. The molecule has 0 aliphatic carbocycles. The molecule has 2 heterocycles. The molecule has 1 fully saturated rings. The van der Waals surface area contributed by atoms with Crippen LogP contribution in [0.4, 0.5) is 11.4 Å². The van der Waals surface area contributed by atoms with Crippen LogP contribution in [-0.2, 0) is 9.59 Å². The second kappa shape index (κ2) is 5.64. The van der Waals surface area contributed by atoms with Gasteiger partial charge in [0.25, 0.3) is 5.91 Å². The van der Waals surface area contributed by atoms with Gasteiger partial charge in [0.2, 0.25) is 11.8 Å². The van der Waals surface area contributed by atoms with E-state index >= 15 is 0 Å². The molecule has 2 aliphatic rings. The molecule has 25 heavy (non-hydrogen) atoms. The summed E-state index contributed by atoms with van der Waals surface area (Å²) >= 11 is 0. The molecule has 0 aromatic heterocycles. The first-order valence-electron chi connectivity index (χ1n) is 8.02. The largest absolute Gasteiger partial charge is 0.374 e.